The fourth-order valence-electron chi connectivity index (χ4n) is 3.53. The van der Waals surface area contributed by atoms with Gasteiger partial charge in [-0.15, -0.1) is 0 Å². The number of amides is 1. The Kier molecular flexibility index (Phi) is 4.15. The number of aryl methyl sites for hydroxylation is 2. The second-order valence-corrected chi connectivity index (χ2v) is 7.59. The first-order chi connectivity index (χ1) is 12.0. The van der Waals surface area contributed by atoms with E-state index in [1.165, 1.54) is 5.56 Å². The van der Waals surface area contributed by atoms with Gasteiger partial charge in [0, 0.05) is 31.1 Å². The molecule has 0 spiro atoms. The van der Waals surface area contributed by atoms with E-state index in [1.807, 2.05) is 6.92 Å². The van der Waals surface area contributed by atoms with Crippen LogP contribution in [0.15, 0.2) is 21.1 Å². The Hall–Kier alpha value is -2.08. The van der Waals surface area contributed by atoms with E-state index >= 15 is 0 Å². The van der Waals surface area contributed by atoms with Gasteiger partial charge in [0.15, 0.2) is 5.69 Å². The van der Waals surface area contributed by atoms with Crippen LogP contribution in [0.4, 0.5) is 0 Å². The SMILES string of the molecule is Cc1cc(CN2C[C@H](C)[C@H](NC(=O)c3cc(C4CC4)on3)C2)oc1C. The van der Waals surface area contributed by atoms with Crippen molar-refractivity contribution in [3.05, 3.63) is 40.7 Å². The molecule has 25 heavy (non-hydrogen) atoms. The number of carbonyl (C=O) groups excluding carboxylic acids is 1. The molecule has 6 nitrogen and oxygen atoms in total. The van der Waals surface area contributed by atoms with Crippen LogP contribution in [0.5, 0.6) is 0 Å². The summed E-state index contributed by atoms with van der Waals surface area (Å²) in [4.78, 5) is 14.8. The summed E-state index contributed by atoms with van der Waals surface area (Å²) in [6, 6.07) is 4.00. The van der Waals surface area contributed by atoms with Crippen LogP contribution < -0.4 is 5.32 Å². The van der Waals surface area contributed by atoms with Crippen molar-refractivity contribution in [1.29, 1.82) is 0 Å². The average Bonchev–Trinajstić information content (AvgIpc) is 3.06. The van der Waals surface area contributed by atoms with Crippen molar-refractivity contribution in [3.63, 3.8) is 0 Å². The Morgan fingerprint density at radius 1 is 1.32 bits per heavy atom. The zero-order valence-electron chi connectivity index (χ0n) is 15.0. The predicted octanol–water partition coefficient (Wildman–Crippen LogP) is 3.01. The van der Waals surface area contributed by atoms with E-state index < -0.39 is 0 Å². The van der Waals surface area contributed by atoms with Gasteiger partial charge < -0.3 is 14.3 Å². The fraction of sp³-hybridized carbons (Fsp3) is 0.579. The van der Waals surface area contributed by atoms with Crippen LogP contribution in [0.25, 0.3) is 0 Å². The first kappa shape index (κ1) is 16.4. The van der Waals surface area contributed by atoms with E-state index in [0.717, 1.165) is 49.8 Å². The van der Waals surface area contributed by atoms with E-state index in [1.54, 1.807) is 6.07 Å². The molecule has 0 radical (unpaired) electrons. The summed E-state index contributed by atoms with van der Waals surface area (Å²) in [7, 11) is 0. The van der Waals surface area contributed by atoms with Gasteiger partial charge in [-0.2, -0.15) is 0 Å². The molecule has 0 unspecified atom stereocenters. The number of aromatic nitrogens is 1. The topological polar surface area (TPSA) is 71.5 Å². The van der Waals surface area contributed by atoms with Gasteiger partial charge in [-0.05, 0) is 44.2 Å². The van der Waals surface area contributed by atoms with Crippen molar-refractivity contribution >= 4 is 5.91 Å². The summed E-state index contributed by atoms with van der Waals surface area (Å²) in [5, 5.41) is 7.04. The van der Waals surface area contributed by atoms with Crippen LogP contribution >= 0.6 is 0 Å². The third kappa shape index (κ3) is 3.49. The monoisotopic (exact) mass is 343 g/mol. The Morgan fingerprint density at radius 3 is 2.80 bits per heavy atom. The van der Waals surface area contributed by atoms with Gasteiger partial charge in [0.1, 0.15) is 17.3 Å². The van der Waals surface area contributed by atoms with Gasteiger partial charge in [-0.3, -0.25) is 9.69 Å². The number of hydrogen-bond donors (Lipinski definition) is 1. The highest BCUT2D eigenvalue weighted by atomic mass is 16.5. The molecule has 0 bridgehead atoms. The number of hydrogen-bond acceptors (Lipinski definition) is 5. The van der Waals surface area contributed by atoms with Crippen LogP contribution in [-0.4, -0.2) is 35.1 Å². The minimum Gasteiger partial charge on any atom is -0.465 e. The molecule has 0 aromatic carbocycles. The minimum atomic E-state index is -0.140. The van der Waals surface area contributed by atoms with Crippen molar-refractivity contribution in [2.75, 3.05) is 13.1 Å². The van der Waals surface area contributed by atoms with Crippen LogP contribution in [0.3, 0.4) is 0 Å². The highest BCUT2D eigenvalue weighted by molar-refractivity contribution is 5.92. The second-order valence-electron chi connectivity index (χ2n) is 7.59. The molecule has 1 saturated carbocycles. The molecule has 2 fully saturated rings. The van der Waals surface area contributed by atoms with Crippen molar-refractivity contribution in [3.8, 4) is 0 Å². The summed E-state index contributed by atoms with van der Waals surface area (Å²) >= 11 is 0. The lowest BCUT2D eigenvalue weighted by Gasteiger charge is -2.16. The molecule has 134 valence electrons. The molecule has 2 aromatic rings. The molecular weight excluding hydrogens is 318 g/mol. The summed E-state index contributed by atoms with van der Waals surface area (Å²) < 4.78 is 11.1. The molecule has 3 heterocycles. The van der Waals surface area contributed by atoms with Gasteiger partial charge in [-0.1, -0.05) is 12.1 Å². The molecule has 1 amide bonds. The van der Waals surface area contributed by atoms with Crippen molar-refractivity contribution in [1.82, 2.24) is 15.4 Å². The summed E-state index contributed by atoms with van der Waals surface area (Å²) in [5.74, 6) is 3.52. The highest BCUT2D eigenvalue weighted by Gasteiger charge is 2.33. The maximum Gasteiger partial charge on any atom is 0.273 e. The molecule has 4 rings (SSSR count). The van der Waals surface area contributed by atoms with Gasteiger partial charge in [0.25, 0.3) is 5.91 Å². The second kappa shape index (κ2) is 6.33. The van der Waals surface area contributed by atoms with Crippen LogP contribution in [-0.2, 0) is 6.54 Å². The average molecular weight is 343 g/mol. The largest absolute Gasteiger partial charge is 0.465 e. The van der Waals surface area contributed by atoms with Gasteiger partial charge in [0.05, 0.1) is 6.54 Å². The van der Waals surface area contributed by atoms with E-state index in [9.17, 15) is 4.79 Å². The van der Waals surface area contributed by atoms with E-state index in [0.29, 0.717) is 17.5 Å². The third-order valence-electron chi connectivity index (χ3n) is 5.34. The number of carbonyl (C=O) groups is 1. The normalized spacial score (nSPS) is 24.0. The lowest BCUT2D eigenvalue weighted by Crippen LogP contribution is -2.39. The van der Waals surface area contributed by atoms with Crippen LogP contribution in [0.1, 0.15) is 59.0 Å². The molecule has 2 atom stereocenters. The molecule has 1 N–H and O–H groups in total. The lowest BCUT2D eigenvalue weighted by atomic mass is 10.1. The first-order valence-corrected chi connectivity index (χ1v) is 9.05. The third-order valence-corrected chi connectivity index (χ3v) is 5.34. The molecule has 1 saturated heterocycles. The molecule has 2 aliphatic rings. The van der Waals surface area contributed by atoms with Crippen molar-refractivity contribution < 1.29 is 13.7 Å². The fourth-order valence-corrected chi connectivity index (χ4v) is 3.53. The van der Waals surface area contributed by atoms with Crippen LogP contribution in [0, 0.1) is 19.8 Å². The molecule has 1 aliphatic carbocycles. The highest BCUT2D eigenvalue weighted by Crippen LogP contribution is 2.40. The molecule has 2 aromatic heterocycles. The number of likely N-dealkylation sites (tertiary alicyclic amines) is 1. The standard InChI is InChI=1S/C19H25N3O3/c1-11-6-15(24-13(11)3)9-22-8-12(2)17(10-22)20-19(23)16-7-18(25-21-16)14-4-5-14/h6-7,12,14,17H,4-5,8-10H2,1-3H3,(H,20,23)/t12-,17+/m0/s1. The molecule has 6 heteroatoms. The van der Waals surface area contributed by atoms with Crippen molar-refractivity contribution in [2.24, 2.45) is 5.92 Å². The quantitative estimate of drug-likeness (QED) is 0.903. The summed E-state index contributed by atoms with van der Waals surface area (Å²) in [6.45, 7) is 8.76. The van der Waals surface area contributed by atoms with Gasteiger partial charge >= 0.3 is 0 Å². The lowest BCUT2D eigenvalue weighted by molar-refractivity contribution is 0.0922. The van der Waals surface area contributed by atoms with Crippen LogP contribution in [0.2, 0.25) is 0 Å². The zero-order chi connectivity index (χ0) is 17.6. The summed E-state index contributed by atoms with van der Waals surface area (Å²) in [5.41, 5.74) is 1.58. The zero-order valence-corrected chi connectivity index (χ0v) is 15.0. The number of nitrogens with zero attached hydrogens (tertiary/aromatic N) is 2. The van der Waals surface area contributed by atoms with E-state index in [4.69, 9.17) is 8.94 Å². The first-order valence-electron chi connectivity index (χ1n) is 9.05. The van der Waals surface area contributed by atoms with E-state index in [2.05, 4.69) is 35.3 Å². The Morgan fingerprint density at radius 2 is 2.12 bits per heavy atom. The molecular formula is C19H25N3O3. The van der Waals surface area contributed by atoms with Gasteiger partial charge in [0.2, 0.25) is 0 Å². The van der Waals surface area contributed by atoms with Gasteiger partial charge in [-0.25, -0.2) is 0 Å². The molecule has 1 aliphatic heterocycles. The maximum atomic E-state index is 12.4. The number of rotatable bonds is 5. The smallest absolute Gasteiger partial charge is 0.273 e. The number of nitrogens with one attached hydrogen (secondary N) is 1. The number of furan rings is 1. The minimum absolute atomic E-state index is 0.116. The Labute approximate surface area is 147 Å². The van der Waals surface area contributed by atoms with E-state index in [-0.39, 0.29) is 11.9 Å². The Bertz CT molecular complexity index is 755. The Balaban J connectivity index is 1.35. The van der Waals surface area contributed by atoms with Crippen molar-refractivity contribution in [2.45, 2.75) is 52.1 Å². The predicted molar refractivity (Wildman–Crippen MR) is 92.4 cm³/mol. The maximum absolute atomic E-state index is 12.4. The summed E-state index contributed by atoms with van der Waals surface area (Å²) in [6.07, 6.45) is 2.27.